The topological polar surface area (TPSA) is 55.4 Å². The summed E-state index contributed by atoms with van der Waals surface area (Å²) < 4.78 is 39.2. The molecule has 7 aromatic carbocycles. The molecule has 0 saturated carbocycles. The third-order valence-electron chi connectivity index (χ3n) is 9.33. The minimum atomic E-state index is -0.477. The van der Waals surface area contributed by atoms with E-state index in [1.807, 2.05) is 182 Å². The molecule has 8 rings (SSSR count). The molecule has 0 fully saturated rings. The van der Waals surface area contributed by atoms with Gasteiger partial charge in [0.2, 0.25) is 5.75 Å². The maximum Gasteiger partial charge on any atom is 0.203 e. The fraction of sp³-hybridized carbons (Fsp3) is 0.120. The highest BCUT2D eigenvalue weighted by molar-refractivity contribution is 5.69. The van der Waals surface area contributed by atoms with Crippen LogP contribution < -0.4 is 28.4 Å². The van der Waals surface area contributed by atoms with Crippen LogP contribution in [0.2, 0.25) is 0 Å². The van der Waals surface area contributed by atoms with Crippen LogP contribution in [0.5, 0.6) is 34.5 Å². The molecule has 1 unspecified atom stereocenters. The van der Waals surface area contributed by atoms with E-state index in [0.717, 1.165) is 38.9 Å². The lowest BCUT2D eigenvalue weighted by atomic mass is 10.0. The highest BCUT2D eigenvalue weighted by atomic mass is 16.5. The molecule has 0 aromatic heterocycles. The Morgan fingerprint density at radius 1 is 0.393 bits per heavy atom. The van der Waals surface area contributed by atoms with E-state index in [9.17, 15) is 0 Å². The van der Waals surface area contributed by atoms with Crippen molar-refractivity contribution in [3.63, 3.8) is 0 Å². The minimum absolute atomic E-state index is 0.342. The van der Waals surface area contributed by atoms with E-state index < -0.39 is 6.10 Å². The van der Waals surface area contributed by atoms with Crippen LogP contribution in [-0.2, 0) is 33.0 Å². The fourth-order valence-electron chi connectivity index (χ4n) is 6.37. The third-order valence-corrected chi connectivity index (χ3v) is 9.33. The third kappa shape index (κ3) is 9.41. The maximum atomic E-state index is 6.81. The van der Waals surface area contributed by atoms with E-state index in [4.69, 9.17) is 28.4 Å². The van der Waals surface area contributed by atoms with Crippen molar-refractivity contribution in [2.45, 2.75) is 39.1 Å². The SMILES string of the molecule is C1=CC(c2cc(OCc3ccccc3)c(OCc3ccccc3)c(OCc3ccccc3)c2)Oc2cc(OCc3ccccc3)cc(OCc3ccccc3)c21. The van der Waals surface area contributed by atoms with Gasteiger partial charge in [0.05, 0.1) is 5.56 Å². The number of fused-ring (bicyclic) bond motifs is 1. The van der Waals surface area contributed by atoms with Crippen LogP contribution in [-0.4, -0.2) is 0 Å². The Labute approximate surface area is 328 Å². The molecule has 6 heteroatoms. The van der Waals surface area contributed by atoms with Gasteiger partial charge in [0, 0.05) is 17.7 Å². The van der Waals surface area contributed by atoms with Gasteiger partial charge >= 0.3 is 0 Å². The number of hydrogen-bond acceptors (Lipinski definition) is 6. The largest absolute Gasteiger partial charge is 0.489 e. The average molecular weight is 739 g/mol. The van der Waals surface area contributed by atoms with E-state index in [1.165, 1.54) is 0 Å². The van der Waals surface area contributed by atoms with Gasteiger partial charge in [0.15, 0.2) is 11.5 Å². The molecule has 0 aliphatic carbocycles. The minimum Gasteiger partial charge on any atom is -0.489 e. The van der Waals surface area contributed by atoms with Gasteiger partial charge in [0.25, 0.3) is 0 Å². The summed E-state index contributed by atoms with van der Waals surface area (Å²) in [6, 6.07) is 58.3. The number of ether oxygens (including phenoxy) is 6. The molecule has 1 atom stereocenters. The first-order valence-electron chi connectivity index (χ1n) is 18.8. The van der Waals surface area contributed by atoms with Gasteiger partial charge in [-0.25, -0.2) is 0 Å². The van der Waals surface area contributed by atoms with Crippen LogP contribution in [0.4, 0.5) is 0 Å². The smallest absolute Gasteiger partial charge is 0.203 e. The molecule has 1 aliphatic rings. The Hall–Kier alpha value is -6.92. The standard InChI is InChI=1S/C50H42O6/c1-6-16-37(17-7-1)32-51-43-30-46(52-33-38-18-8-2-9-19-38)44-26-27-45(56-47(44)31-43)42-28-48(53-34-39-20-10-3-11-21-39)50(55-36-41-24-14-5-15-25-41)49(29-42)54-35-40-22-12-4-13-23-40/h1-31,45H,32-36H2. The van der Waals surface area contributed by atoms with Crippen LogP contribution in [0.25, 0.3) is 6.08 Å². The van der Waals surface area contributed by atoms with Gasteiger partial charge in [-0.2, -0.15) is 0 Å². The number of hydrogen-bond donors (Lipinski definition) is 0. The average Bonchev–Trinajstić information content (AvgIpc) is 3.27. The predicted molar refractivity (Wildman–Crippen MR) is 219 cm³/mol. The second-order valence-corrected chi connectivity index (χ2v) is 13.4. The molecule has 1 aliphatic heterocycles. The Bertz CT molecular complexity index is 2260. The molecule has 7 aromatic rings. The number of rotatable bonds is 16. The highest BCUT2D eigenvalue weighted by Crippen LogP contribution is 2.46. The van der Waals surface area contributed by atoms with Gasteiger partial charge in [-0.3, -0.25) is 0 Å². The molecular formula is C50H42O6. The summed E-state index contributed by atoms with van der Waals surface area (Å²) in [5.74, 6) is 3.60. The second kappa shape index (κ2) is 17.9. The zero-order valence-electron chi connectivity index (χ0n) is 31.0. The summed E-state index contributed by atoms with van der Waals surface area (Å²) in [7, 11) is 0. The summed E-state index contributed by atoms with van der Waals surface area (Å²) in [6.45, 7) is 1.85. The van der Waals surface area contributed by atoms with E-state index >= 15 is 0 Å². The van der Waals surface area contributed by atoms with Gasteiger partial charge in [-0.05, 0) is 52.1 Å². The van der Waals surface area contributed by atoms with Gasteiger partial charge in [-0.1, -0.05) is 152 Å². The van der Waals surface area contributed by atoms with Crippen LogP contribution in [0, 0.1) is 0 Å². The zero-order chi connectivity index (χ0) is 37.8. The summed E-state index contributed by atoms with van der Waals surface area (Å²) in [5.41, 5.74) is 6.92. The van der Waals surface area contributed by atoms with Gasteiger partial charge in [-0.15, -0.1) is 0 Å². The van der Waals surface area contributed by atoms with E-state index in [-0.39, 0.29) is 0 Å². The van der Waals surface area contributed by atoms with Crippen LogP contribution in [0.3, 0.4) is 0 Å². The number of benzene rings is 7. The van der Waals surface area contributed by atoms with E-state index in [1.54, 1.807) is 0 Å². The lowest BCUT2D eigenvalue weighted by Crippen LogP contribution is -2.12. The summed E-state index contributed by atoms with van der Waals surface area (Å²) >= 11 is 0. The van der Waals surface area contributed by atoms with Crippen LogP contribution in [0.15, 0.2) is 182 Å². The van der Waals surface area contributed by atoms with E-state index in [0.29, 0.717) is 67.5 Å². The fourth-order valence-corrected chi connectivity index (χ4v) is 6.37. The molecule has 56 heavy (non-hydrogen) atoms. The first-order chi connectivity index (χ1) is 27.7. The summed E-state index contributed by atoms with van der Waals surface area (Å²) in [6.07, 6.45) is 3.61. The van der Waals surface area contributed by atoms with E-state index in [2.05, 4.69) is 6.08 Å². The molecule has 0 amide bonds. The first-order valence-corrected chi connectivity index (χ1v) is 18.8. The molecule has 0 N–H and O–H groups in total. The normalized spacial score (nSPS) is 12.9. The molecule has 278 valence electrons. The van der Waals surface area contributed by atoms with Crippen molar-refractivity contribution < 1.29 is 28.4 Å². The lowest BCUT2D eigenvalue weighted by Gasteiger charge is -2.26. The molecule has 0 radical (unpaired) electrons. The van der Waals surface area contributed by atoms with Crippen molar-refractivity contribution in [1.29, 1.82) is 0 Å². The van der Waals surface area contributed by atoms with Crippen molar-refractivity contribution in [2.75, 3.05) is 0 Å². The Balaban J connectivity index is 1.14. The van der Waals surface area contributed by atoms with Crippen molar-refractivity contribution in [2.24, 2.45) is 0 Å². The first kappa shape index (κ1) is 36.1. The predicted octanol–water partition coefficient (Wildman–Crippen LogP) is 11.7. The lowest BCUT2D eigenvalue weighted by molar-refractivity contribution is 0.222. The highest BCUT2D eigenvalue weighted by Gasteiger charge is 2.25. The Morgan fingerprint density at radius 3 is 1.23 bits per heavy atom. The zero-order valence-corrected chi connectivity index (χ0v) is 31.0. The summed E-state index contributed by atoms with van der Waals surface area (Å²) in [4.78, 5) is 0. The van der Waals surface area contributed by atoms with Crippen molar-refractivity contribution in [1.82, 2.24) is 0 Å². The monoisotopic (exact) mass is 738 g/mol. The molecular weight excluding hydrogens is 697 g/mol. The van der Waals surface area contributed by atoms with Gasteiger partial charge < -0.3 is 28.4 Å². The van der Waals surface area contributed by atoms with Crippen LogP contribution in [0.1, 0.15) is 45.0 Å². The molecule has 0 saturated heterocycles. The molecule has 6 nitrogen and oxygen atoms in total. The second-order valence-electron chi connectivity index (χ2n) is 13.4. The van der Waals surface area contributed by atoms with Gasteiger partial charge in [0.1, 0.15) is 56.4 Å². The quantitative estimate of drug-likeness (QED) is 0.0984. The van der Waals surface area contributed by atoms with Crippen molar-refractivity contribution in [3.05, 3.63) is 221 Å². The maximum absolute atomic E-state index is 6.81. The van der Waals surface area contributed by atoms with Crippen molar-refractivity contribution >= 4 is 6.08 Å². The Morgan fingerprint density at radius 2 is 0.786 bits per heavy atom. The Kier molecular flexibility index (Phi) is 11.6. The molecule has 0 spiro atoms. The molecule has 1 heterocycles. The van der Waals surface area contributed by atoms with Crippen molar-refractivity contribution in [3.8, 4) is 34.5 Å². The van der Waals surface area contributed by atoms with Crippen LogP contribution >= 0.6 is 0 Å². The summed E-state index contributed by atoms with van der Waals surface area (Å²) in [5, 5.41) is 0. The molecule has 0 bridgehead atoms.